The summed E-state index contributed by atoms with van der Waals surface area (Å²) in [6.07, 6.45) is 1.47. The molecule has 1 aliphatic heterocycles. The monoisotopic (exact) mass is 269 g/mol. The normalized spacial score (nSPS) is 17.4. The molecule has 0 aromatic carbocycles. The van der Waals surface area contributed by atoms with Gasteiger partial charge < -0.3 is 10.6 Å². The van der Waals surface area contributed by atoms with Crippen molar-refractivity contribution in [2.24, 2.45) is 5.92 Å². The van der Waals surface area contributed by atoms with E-state index in [9.17, 15) is 0 Å². The Balaban J connectivity index is 1.99. The highest BCUT2D eigenvalue weighted by molar-refractivity contribution is 6.32. The van der Waals surface area contributed by atoms with Crippen LogP contribution < -0.4 is 10.6 Å². The van der Waals surface area contributed by atoms with Gasteiger partial charge in [0, 0.05) is 32.7 Å². The fourth-order valence-corrected chi connectivity index (χ4v) is 2.40. The summed E-state index contributed by atoms with van der Waals surface area (Å²) >= 11 is 5.92. The van der Waals surface area contributed by atoms with Crippen molar-refractivity contribution in [1.82, 2.24) is 14.9 Å². The number of nitrogen functional groups attached to an aromatic ring is 1. The Morgan fingerprint density at radius 1 is 1.28 bits per heavy atom. The lowest BCUT2D eigenvalue weighted by molar-refractivity contribution is 0.231. The molecule has 1 aliphatic rings. The summed E-state index contributed by atoms with van der Waals surface area (Å²) in [5.41, 5.74) is 6.40. The van der Waals surface area contributed by atoms with E-state index in [0.717, 1.165) is 38.5 Å². The van der Waals surface area contributed by atoms with Crippen LogP contribution in [0.25, 0.3) is 0 Å². The molecule has 0 atom stereocenters. The molecule has 2 N–H and O–H groups in total. The summed E-state index contributed by atoms with van der Waals surface area (Å²) in [6, 6.07) is 0. The molecular weight excluding hydrogens is 250 g/mol. The summed E-state index contributed by atoms with van der Waals surface area (Å²) in [7, 11) is 0. The topological polar surface area (TPSA) is 58.3 Å². The Bertz CT molecular complexity index is 401. The Labute approximate surface area is 113 Å². The first-order valence-corrected chi connectivity index (χ1v) is 6.69. The van der Waals surface area contributed by atoms with E-state index in [4.69, 9.17) is 17.3 Å². The number of nitrogens with two attached hydrogens (primary N) is 1. The number of aromatic nitrogens is 2. The van der Waals surface area contributed by atoms with E-state index >= 15 is 0 Å². The first-order valence-electron chi connectivity index (χ1n) is 6.31. The van der Waals surface area contributed by atoms with Crippen molar-refractivity contribution in [3.05, 3.63) is 11.5 Å². The maximum atomic E-state index is 5.92. The molecule has 0 unspecified atom stereocenters. The molecule has 1 aromatic heterocycles. The lowest BCUT2D eigenvalue weighted by atomic mass is 10.2. The second-order valence-electron chi connectivity index (χ2n) is 5.08. The van der Waals surface area contributed by atoms with Crippen molar-refractivity contribution in [3.8, 4) is 0 Å². The third-order valence-electron chi connectivity index (χ3n) is 3.11. The zero-order chi connectivity index (χ0) is 13.1. The van der Waals surface area contributed by atoms with Crippen LogP contribution >= 0.6 is 11.6 Å². The number of hydrogen-bond donors (Lipinski definition) is 1. The van der Waals surface area contributed by atoms with E-state index in [1.54, 1.807) is 0 Å². The van der Waals surface area contributed by atoms with Gasteiger partial charge in [-0.15, -0.1) is 0 Å². The molecule has 0 amide bonds. The second kappa shape index (κ2) is 5.71. The van der Waals surface area contributed by atoms with Crippen LogP contribution in [0.3, 0.4) is 0 Å². The van der Waals surface area contributed by atoms with Gasteiger partial charge in [0.1, 0.15) is 12.0 Å². The predicted molar refractivity (Wildman–Crippen MR) is 74.9 cm³/mol. The van der Waals surface area contributed by atoms with E-state index in [1.165, 1.54) is 6.33 Å². The molecule has 100 valence electrons. The SMILES string of the molecule is CC(C)CN1CCN(c2ncnc(Cl)c2N)CC1. The zero-order valence-corrected chi connectivity index (χ0v) is 11.7. The van der Waals surface area contributed by atoms with Gasteiger partial charge in [-0.1, -0.05) is 25.4 Å². The second-order valence-corrected chi connectivity index (χ2v) is 5.44. The minimum absolute atomic E-state index is 0.338. The molecule has 1 aromatic rings. The first-order chi connectivity index (χ1) is 8.58. The Kier molecular flexibility index (Phi) is 4.24. The maximum Gasteiger partial charge on any atom is 0.157 e. The smallest absolute Gasteiger partial charge is 0.157 e. The van der Waals surface area contributed by atoms with Crippen LogP contribution in [0.15, 0.2) is 6.33 Å². The average Bonchev–Trinajstić information content (AvgIpc) is 2.33. The maximum absolute atomic E-state index is 5.92. The number of hydrogen-bond acceptors (Lipinski definition) is 5. The van der Waals surface area contributed by atoms with E-state index in [0.29, 0.717) is 16.8 Å². The predicted octanol–water partition coefficient (Wildman–Crippen LogP) is 1.49. The quantitative estimate of drug-likeness (QED) is 0.843. The molecular formula is C12H20ClN5. The number of halogens is 1. The van der Waals surface area contributed by atoms with Crippen molar-refractivity contribution in [1.29, 1.82) is 0 Å². The first kappa shape index (κ1) is 13.4. The third kappa shape index (κ3) is 3.03. The highest BCUT2D eigenvalue weighted by Crippen LogP contribution is 2.26. The van der Waals surface area contributed by atoms with E-state index < -0.39 is 0 Å². The molecule has 0 radical (unpaired) electrons. The molecule has 0 aliphatic carbocycles. The van der Waals surface area contributed by atoms with Gasteiger partial charge in [0.2, 0.25) is 0 Å². The van der Waals surface area contributed by atoms with Crippen LogP contribution in [0.2, 0.25) is 5.15 Å². The molecule has 2 heterocycles. The number of anilines is 2. The van der Waals surface area contributed by atoms with E-state index in [1.807, 2.05) is 0 Å². The van der Waals surface area contributed by atoms with Crippen LogP contribution in [-0.4, -0.2) is 47.6 Å². The van der Waals surface area contributed by atoms with Gasteiger partial charge in [0.25, 0.3) is 0 Å². The molecule has 18 heavy (non-hydrogen) atoms. The van der Waals surface area contributed by atoms with E-state index in [2.05, 4.69) is 33.6 Å². The van der Waals surface area contributed by atoms with Crippen LogP contribution in [0, 0.1) is 5.92 Å². The van der Waals surface area contributed by atoms with E-state index in [-0.39, 0.29) is 0 Å². The number of rotatable bonds is 3. The number of piperazine rings is 1. The van der Waals surface area contributed by atoms with Gasteiger partial charge in [-0.2, -0.15) is 0 Å². The minimum Gasteiger partial charge on any atom is -0.393 e. The highest BCUT2D eigenvalue weighted by atomic mass is 35.5. The summed E-state index contributed by atoms with van der Waals surface area (Å²) in [5.74, 6) is 1.47. The summed E-state index contributed by atoms with van der Waals surface area (Å²) in [4.78, 5) is 12.8. The van der Waals surface area contributed by atoms with Gasteiger partial charge in [0.15, 0.2) is 11.0 Å². The molecule has 0 saturated carbocycles. The molecule has 1 fully saturated rings. The highest BCUT2D eigenvalue weighted by Gasteiger charge is 2.21. The summed E-state index contributed by atoms with van der Waals surface area (Å²) in [5, 5.41) is 0.338. The largest absolute Gasteiger partial charge is 0.393 e. The Morgan fingerprint density at radius 3 is 2.56 bits per heavy atom. The summed E-state index contributed by atoms with van der Waals surface area (Å²) in [6.45, 7) is 9.59. The van der Waals surface area contributed by atoms with Crippen LogP contribution in [0.1, 0.15) is 13.8 Å². The fourth-order valence-electron chi connectivity index (χ4n) is 2.28. The minimum atomic E-state index is 0.338. The van der Waals surface area contributed by atoms with Crippen molar-refractivity contribution < 1.29 is 0 Å². The van der Waals surface area contributed by atoms with Crippen molar-refractivity contribution in [2.75, 3.05) is 43.4 Å². The van der Waals surface area contributed by atoms with Crippen LogP contribution in [0.5, 0.6) is 0 Å². The molecule has 5 nitrogen and oxygen atoms in total. The lowest BCUT2D eigenvalue weighted by Gasteiger charge is -2.36. The molecule has 6 heteroatoms. The third-order valence-corrected chi connectivity index (χ3v) is 3.41. The molecule has 0 spiro atoms. The van der Waals surface area contributed by atoms with Gasteiger partial charge in [-0.05, 0) is 5.92 Å². The Morgan fingerprint density at radius 2 is 1.94 bits per heavy atom. The Hall–Kier alpha value is -1.07. The molecule has 2 rings (SSSR count). The molecule has 1 saturated heterocycles. The average molecular weight is 270 g/mol. The standard InChI is InChI=1S/C12H20ClN5/c1-9(2)7-17-3-5-18(6-4-17)12-10(14)11(13)15-8-16-12/h8-9H,3-7,14H2,1-2H3. The van der Waals surface area contributed by atoms with Crippen molar-refractivity contribution >= 4 is 23.1 Å². The van der Waals surface area contributed by atoms with Crippen LogP contribution in [0.4, 0.5) is 11.5 Å². The van der Waals surface area contributed by atoms with Gasteiger partial charge in [0.05, 0.1) is 0 Å². The lowest BCUT2D eigenvalue weighted by Crippen LogP contribution is -2.47. The van der Waals surface area contributed by atoms with Crippen molar-refractivity contribution in [3.63, 3.8) is 0 Å². The zero-order valence-electron chi connectivity index (χ0n) is 10.9. The number of nitrogens with zero attached hydrogens (tertiary/aromatic N) is 4. The molecule has 0 bridgehead atoms. The fraction of sp³-hybridized carbons (Fsp3) is 0.667. The van der Waals surface area contributed by atoms with Crippen molar-refractivity contribution in [2.45, 2.75) is 13.8 Å². The van der Waals surface area contributed by atoms with Gasteiger partial charge >= 0.3 is 0 Å². The van der Waals surface area contributed by atoms with Crippen LogP contribution in [-0.2, 0) is 0 Å². The van der Waals surface area contributed by atoms with Gasteiger partial charge in [-0.25, -0.2) is 9.97 Å². The van der Waals surface area contributed by atoms with Gasteiger partial charge in [-0.3, -0.25) is 4.90 Å². The summed E-state index contributed by atoms with van der Waals surface area (Å²) < 4.78 is 0.